The molecule has 2 N–H and O–H groups in total. The van der Waals surface area contributed by atoms with E-state index in [1.165, 1.54) is 45.1 Å². The summed E-state index contributed by atoms with van der Waals surface area (Å²) >= 11 is 0. The van der Waals surface area contributed by atoms with Gasteiger partial charge in [-0.15, -0.1) is 0 Å². The molecule has 0 radical (unpaired) electrons. The van der Waals surface area contributed by atoms with Gasteiger partial charge < -0.3 is 15.3 Å². The Balaban J connectivity index is 1.83. The topological polar surface area (TPSA) is 35.5 Å². The van der Waals surface area contributed by atoms with Gasteiger partial charge in [0.25, 0.3) is 0 Å². The number of piperidine rings is 1. The van der Waals surface area contributed by atoms with E-state index in [-0.39, 0.29) is 5.54 Å². The largest absolute Gasteiger partial charge is 0.394 e. The van der Waals surface area contributed by atoms with Crippen LogP contribution >= 0.6 is 0 Å². The minimum atomic E-state index is 0.0201. The molecule has 106 valence electrons. The molecule has 0 bridgehead atoms. The van der Waals surface area contributed by atoms with E-state index in [0.29, 0.717) is 12.6 Å². The molecule has 1 aliphatic heterocycles. The van der Waals surface area contributed by atoms with Crippen LogP contribution in [0.15, 0.2) is 0 Å². The SMILES string of the molecule is CCCN1CCC(CO)(NC2CCCCC2)CC1. The lowest BCUT2D eigenvalue weighted by Crippen LogP contribution is -2.59. The molecule has 2 rings (SSSR count). The fourth-order valence-corrected chi connectivity index (χ4v) is 3.55. The van der Waals surface area contributed by atoms with Gasteiger partial charge in [-0.3, -0.25) is 0 Å². The number of rotatable bonds is 5. The maximum Gasteiger partial charge on any atom is 0.0614 e. The van der Waals surface area contributed by atoms with Gasteiger partial charge in [-0.1, -0.05) is 26.2 Å². The number of likely N-dealkylation sites (tertiary alicyclic amines) is 1. The molecule has 0 aromatic rings. The first-order valence-corrected chi connectivity index (χ1v) is 7.89. The molecule has 0 aromatic heterocycles. The molecule has 0 atom stereocenters. The fourth-order valence-electron chi connectivity index (χ4n) is 3.55. The summed E-state index contributed by atoms with van der Waals surface area (Å²) in [4.78, 5) is 2.54. The van der Waals surface area contributed by atoms with E-state index >= 15 is 0 Å². The van der Waals surface area contributed by atoms with Crippen molar-refractivity contribution >= 4 is 0 Å². The molecule has 0 aromatic carbocycles. The van der Waals surface area contributed by atoms with E-state index in [2.05, 4.69) is 17.1 Å². The van der Waals surface area contributed by atoms with Crippen molar-refractivity contribution in [1.29, 1.82) is 0 Å². The van der Waals surface area contributed by atoms with Crippen molar-refractivity contribution in [3.63, 3.8) is 0 Å². The van der Waals surface area contributed by atoms with Gasteiger partial charge in [0, 0.05) is 11.6 Å². The van der Waals surface area contributed by atoms with Crippen LogP contribution in [0.1, 0.15) is 58.3 Å². The predicted octanol–water partition coefficient (Wildman–Crippen LogP) is 2.15. The highest BCUT2D eigenvalue weighted by molar-refractivity contribution is 4.95. The van der Waals surface area contributed by atoms with Crippen LogP contribution < -0.4 is 5.32 Å². The van der Waals surface area contributed by atoms with Crippen molar-refractivity contribution in [2.45, 2.75) is 69.9 Å². The molecule has 0 unspecified atom stereocenters. The second-order valence-corrected chi connectivity index (χ2v) is 6.26. The Kier molecular flexibility index (Phi) is 5.46. The van der Waals surface area contributed by atoms with Gasteiger partial charge >= 0.3 is 0 Å². The molecule has 3 heteroatoms. The van der Waals surface area contributed by atoms with E-state index in [1.807, 2.05) is 0 Å². The summed E-state index contributed by atoms with van der Waals surface area (Å²) in [5.41, 5.74) is 0.0201. The average Bonchev–Trinajstić information content (AvgIpc) is 2.43. The Hall–Kier alpha value is -0.120. The van der Waals surface area contributed by atoms with Gasteiger partial charge in [-0.2, -0.15) is 0 Å². The summed E-state index contributed by atoms with van der Waals surface area (Å²) in [5.74, 6) is 0. The predicted molar refractivity (Wildman–Crippen MR) is 75.8 cm³/mol. The number of aliphatic hydroxyl groups excluding tert-OH is 1. The molecule has 0 spiro atoms. The third-order valence-corrected chi connectivity index (χ3v) is 4.77. The van der Waals surface area contributed by atoms with Gasteiger partial charge in [0.1, 0.15) is 0 Å². The Bertz CT molecular complexity index is 231. The standard InChI is InChI=1S/C15H30N2O/c1-2-10-17-11-8-15(13-18,9-12-17)16-14-6-4-3-5-7-14/h14,16,18H,2-13H2,1H3. The third-order valence-electron chi connectivity index (χ3n) is 4.77. The maximum absolute atomic E-state index is 9.81. The van der Waals surface area contributed by atoms with Crippen LogP contribution in [0.25, 0.3) is 0 Å². The highest BCUT2D eigenvalue weighted by Gasteiger charge is 2.35. The fraction of sp³-hybridized carbons (Fsp3) is 1.00. The van der Waals surface area contributed by atoms with Gasteiger partial charge in [0.2, 0.25) is 0 Å². The van der Waals surface area contributed by atoms with Crippen molar-refractivity contribution in [1.82, 2.24) is 10.2 Å². The molecular weight excluding hydrogens is 224 g/mol. The summed E-state index contributed by atoms with van der Waals surface area (Å²) in [5, 5.41) is 13.6. The number of hydrogen-bond donors (Lipinski definition) is 2. The molecule has 2 aliphatic rings. The van der Waals surface area contributed by atoms with Crippen molar-refractivity contribution in [2.24, 2.45) is 0 Å². The van der Waals surface area contributed by atoms with Gasteiger partial charge in [0.15, 0.2) is 0 Å². The first-order valence-electron chi connectivity index (χ1n) is 7.89. The van der Waals surface area contributed by atoms with Crippen molar-refractivity contribution < 1.29 is 5.11 Å². The first kappa shape index (κ1) is 14.3. The Morgan fingerprint density at radius 1 is 1.17 bits per heavy atom. The monoisotopic (exact) mass is 254 g/mol. The zero-order valence-electron chi connectivity index (χ0n) is 12.0. The summed E-state index contributed by atoms with van der Waals surface area (Å²) < 4.78 is 0. The molecule has 3 nitrogen and oxygen atoms in total. The van der Waals surface area contributed by atoms with Crippen LogP contribution in [0.4, 0.5) is 0 Å². The molecule has 0 amide bonds. The summed E-state index contributed by atoms with van der Waals surface area (Å²) in [6, 6.07) is 0.656. The van der Waals surface area contributed by atoms with Gasteiger partial charge in [-0.05, 0) is 51.7 Å². The van der Waals surface area contributed by atoms with Crippen molar-refractivity contribution in [3.8, 4) is 0 Å². The average molecular weight is 254 g/mol. The Labute approximate surface area is 112 Å². The highest BCUT2D eigenvalue weighted by Crippen LogP contribution is 2.26. The lowest BCUT2D eigenvalue weighted by Gasteiger charge is -2.44. The number of nitrogens with one attached hydrogen (secondary N) is 1. The maximum atomic E-state index is 9.81. The summed E-state index contributed by atoms with van der Waals surface area (Å²) in [6.07, 6.45) is 10.2. The second kappa shape index (κ2) is 6.88. The minimum Gasteiger partial charge on any atom is -0.394 e. The Morgan fingerprint density at radius 2 is 1.83 bits per heavy atom. The van der Waals surface area contributed by atoms with Crippen molar-refractivity contribution in [3.05, 3.63) is 0 Å². The van der Waals surface area contributed by atoms with E-state index in [4.69, 9.17) is 0 Å². The van der Waals surface area contributed by atoms with Crippen LogP contribution in [-0.4, -0.2) is 47.8 Å². The summed E-state index contributed by atoms with van der Waals surface area (Å²) in [7, 11) is 0. The summed E-state index contributed by atoms with van der Waals surface area (Å²) in [6.45, 7) is 6.06. The quantitative estimate of drug-likeness (QED) is 0.789. The lowest BCUT2D eigenvalue weighted by molar-refractivity contribution is 0.0649. The number of aliphatic hydroxyl groups is 1. The highest BCUT2D eigenvalue weighted by atomic mass is 16.3. The molecule has 1 saturated heterocycles. The zero-order valence-corrected chi connectivity index (χ0v) is 12.0. The smallest absolute Gasteiger partial charge is 0.0614 e. The molecular formula is C15H30N2O. The molecule has 1 heterocycles. The van der Waals surface area contributed by atoms with Crippen LogP contribution in [0.3, 0.4) is 0 Å². The third kappa shape index (κ3) is 3.69. The zero-order chi connectivity index (χ0) is 12.8. The molecule has 18 heavy (non-hydrogen) atoms. The Morgan fingerprint density at radius 3 is 2.39 bits per heavy atom. The number of nitrogens with zero attached hydrogens (tertiary/aromatic N) is 1. The second-order valence-electron chi connectivity index (χ2n) is 6.26. The van der Waals surface area contributed by atoms with Crippen LogP contribution in [0.5, 0.6) is 0 Å². The van der Waals surface area contributed by atoms with Crippen molar-refractivity contribution in [2.75, 3.05) is 26.2 Å². The lowest BCUT2D eigenvalue weighted by atomic mass is 9.85. The molecule has 1 saturated carbocycles. The minimum absolute atomic E-state index is 0.0201. The van der Waals surface area contributed by atoms with Crippen LogP contribution in [0, 0.1) is 0 Å². The van der Waals surface area contributed by atoms with Crippen LogP contribution in [0.2, 0.25) is 0 Å². The van der Waals surface area contributed by atoms with Crippen LogP contribution in [-0.2, 0) is 0 Å². The van der Waals surface area contributed by atoms with E-state index in [9.17, 15) is 5.11 Å². The first-order chi connectivity index (χ1) is 8.78. The van der Waals surface area contributed by atoms with E-state index < -0.39 is 0 Å². The van der Waals surface area contributed by atoms with Gasteiger partial charge in [-0.25, -0.2) is 0 Å². The molecule has 1 aliphatic carbocycles. The number of hydrogen-bond acceptors (Lipinski definition) is 3. The normalized spacial score (nSPS) is 26.3. The van der Waals surface area contributed by atoms with E-state index in [0.717, 1.165) is 25.9 Å². The van der Waals surface area contributed by atoms with Gasteiger partial charge in [0.05, 0.1) is 6.61 Å². The van der Waals surface area contributed by atoms with E-state index in [1.54, 1.807) is 0 Å². The molecule has 2 fully saturated rings.